The minimum atomic E-state index is -1.19. The molecule has 0 saturated carbocycles. The fourth-order valence-corrected chi connectivity index (χ4v) is 5.53. The van der Waals surface area contributed by atoms with Gasteiger partial charge in [0.25, 0.3) is 0 Å². The summed E-state index contributed by atoms with van der Waals surface area (Å²) in [4.78, 5) is 81.3. The van der Waals surface area contributed by atoms with E-state index in [4.69, 9.17) is 29.8 Å². The maximum atomic E-state index is 12.3. The molecule has 2 atom stereocenters. The molecule has 336 valence electrons. The van der Waals surface area contributed by atoms with Crippen molar-refractivity contribution >= 4 is 41.4 Å². The Balaban J connectivity index is 3.66. The van der Waals surface area contributed by atoms with Crippen LogP contribution in [0.25, 0.3) is 0 Å². The molecule has 0 aliphatic rings. The summed E-state index contributed by atoms with van der Waals surface area (Å²) in [6, 6.07) is -1.60. The Morgan fingerprint density at radius 3 is 1.41 bits per heavy atom. The maximum Gasteiger partial charge on any atom is 0.326 e. The molecule has 4 amide bonds. The Morgan fingerprint density at radius 1 is 0.483 bits per heavy atom. The summed E-state index contributed by atoms with van der Waals surface area (Å²) >= 11 is 0. The van der Waals surface area contributed by atoms with Gasteiger partial charge >= 0.3 is 11.9 Å². The van der Waals surface area contributed by atoms with Crippen molar-refractivity contribution in [1.82, 2.24) is 21.3 Å². The number of carboxylic acid groups (broad SMARTS) is 2. The van der Waals surface area contributed by atoms with Gasteiger partial charge in [0.15, 0.2) is 0 Å². The van der Waals surface area contributed by atoms with E-state index in [-0.39, 0.29) is 121 Å². The van der Waals surface area contributed by atoms with Crippen molar-refractivity contribution in [3.05, 3.63) is 0 Å². The number of amides is 4. The average molecular weight is 832 g/mol. The van der Waals surface area contributed by atoms with Crippen LogP contribution in [0.1, 0.15) is 129 Å². The molecule has 0 spiro atoms. The number of carbonyl (C=O) groups excluding carboxylic acids is 5. The Bertz CT molecular complexity index is 1140. The molecule has 18 nitrogen and oxygen atoms in total. The highest BCUT2D eigenvalue weighted by Crippen LogP contribution is 2.13. The van der Waals surface area contributed by atoms with Gasteiger partial charge in [0.05, 0.1) is 45.7 Å². The van der Waals surface area contributed by atoms with E-state index in [1.54, 1.807) is 0 Å². The molecule has 0 aromatic carbocycles. The summed E-state index contributed by atoms with van der Waals surface area (Å²) in [5, 5.41) is 28.7. The van der Waals surface area contributed by atoms with Gasteiger partial charge in [-0.25, -0.2) is 4.79 Å². The molecular formula is C40H73N5O13. The van der Waals surface area contributed by atoms with Gasteiger partial charge in [-0.2, -0.15) is 0 Å². The Labute approximate surface area is 344 Å². The van der Waals surface area contributed by atoms with Gasteiger partial charge in [0.1, 0.15) is 25.0 Å². The third-order valence-corrected chi connectivity index (χ3v) is 8.97. The predicted molar refractivity (Wildman–Crippen MR) is 216 cm³/mol. The van der Waals surface area contributed by atoms with Crippen LogP contribution < -0.4 is 27.0 Å². The standard InChI is InChI=1S/C40H73N5O13/c1-32(46)33(41)16-14-15-21-42-37(49)30-57-28-27-56-25-23-44-38(50)31-58-29-26-55-24-22-43-35(47)20-19-34(40(53)54)45-36(48)17-12-10-8-6-4-2-3-5-7-9-11-13-18-39(51)52/h33-34H,2-31,41H2,1H3,(H,42,49)(H,43,47)(H,44,50)(H,45,48)(H,51,52)(H,53,54)/t33-,34-/m0/s1. The van der Waals surface area contributed by atoms with E-state index in [9.17, 15) is 38.7 Å². The number of hydrogen-bond donors (Lipinski definition) is 7. The fraction of sp³-hybridized carbons (Fsp3) is 0.825. The molecule has 0 bridgehead atoms. The molecule has 0 fully saturated rings. The second-order valence-corrected chi connectivity index (χ2v) is 14.2. The SMILES string of the molecule is CC(=O)[C@@H](N)CCCCNC(=O)COCCOCCNC(=O)COCCOCCNC(=O)CC[C@H](NC(=O)CCCCCCCCCCCCCCC(=O)O)C(=O)O. The number of unbranched alkanes of at least 4 members (excludes halogenated alkanes) is 12. The van der Waals surface area contributed by atoms with E-state index in [1.165, 1.54) is 26.2 Å². The number of ether oxygens (including phenoxy) is 4. The van der Waals surface area contributed by atoms with Crippen molar-refractivity contribution in [3.8, 4) is 0 Å². The highest BCUT2D eigenvalue weighted by atomic mass is 16.5. The number of carboxylic acids is 2. The monoisotopic (exact) mass is 832 g/mol. The number of ketones is 1. The first-order chi connectivity index (χ1) is 27.9. The maximum absolute atomic E-state index is 12.3. The summed E-state index contributed by atoms with van der Waals surface area (Å²) in [5.74, 6) is -3.22. The molecule has 0 rings (SSSR count). The first-order valence-electron chi connectivity index (χ1n) is 21.0. The van der Waals surface area contributed by atoms with Crippen LogP contribution in [0.3, 0.4) is 0 Å². The first kappa shape index (κ1) is 54.3. The van der Waals surface area contributed by atoms with Crippen molar-refractivity contribution in [2.24, 2.45) is 5.73 Å². The third-order valence-electron chi connectivity index (χ3n) is 8.97. The van der Waals surface area contributed by atoms with E-state index in [2.05, 4.69) is 21.3 Å². The lowest BCUT2D eigenvalue weighted by Gasteiger charge is -2.14. The summed E-state index contributed by atoms with van der Waals surface area (Å²) < 4.78 is 21.3. The molecule has 0 unspecified atom stereocenters. The minimum absolute atomic E-state index is 0.0315. The van der Waals surface area contributed by atoms with Crippen LogP contribution in [0.2, 0.25) is 0 Å². The number of nitrogens with two attached hydrogens (primary N) is 1. The van der Waals surface area contributed by atoms with Crippen LogP contribution >= 0.6 is 0 Å². The van der Waals surface area contributed by atoms with Gasteiger partial charge < -0.3 is 56.2 Å². The van der Waals surface area contributed by atoms with Crippen LogP contribution in [0, 0.1) is 0 Å². The molecule has 18 heteroatoms. The first-order valence-corrected chi connectivity index (χ1v) is 21.0. The highest BCUT2D eigenvalue weighted by Gasteiger charge is 2.21. The molecule has 0 radical (unpaired) electrons. The van der Waals surface area contributed by atoms with Crippen LogP contribution in [0.5, 0.6) is 0 Å². The largest absolute Gasteiger partial charge is 0.481 e. The van der Waals surface area contributed by atoms with Crippen LogP contribution in [0.15, 0.2) is 0 Å². The smallest absolute Gasteiger partial charge is 0.326 e. The van der Waals surface area contributed by atoms with Crippen LogP contribution in [0.4, 0.5) is 0 Å². The number of nitrogens with one attached hydrogen (secondary N) is 4. The molecule has 0 aliphatic heterocycles. The minimum Gasteiger partial charge on any atom is -0.481 e. The van der Waals surface area contributed by atoms with Crippen molar-refractivity contribution in [2.45, 2.75) is 141 Å². The Hall–Kier alpha value is -3.71. The molecular weight excluding hydrogens is 758 g/mol. The Kier molecular flexibility index (Phi) is 36.3. The van der Waals surface area contributed by atoms with E-state index in [0.717, 1.165) is 64.2 Å². The summed E-state index contributed by atoms with van der Waals surface area (Å²) in [7, 11) is 0. The summed E-state index contributed by atoms with van der Waals surface area (Å²) in [6.45, 7) is 3.47. The molecule has 0 heterocycles. The second kappa shape index (κ2) is 38.8. The van der Waals surface area contributed by atoms with Crippen molar-refractivity contribution < 1.29 is 62.7 Å². The van der Waals surface area contributed by atoms with Gasteiger partial charge in [-0.05, 0) is 45.4 Å². The van der Waals surface area contributed by atoms with Crippen molar-refractivity contribution in [3.63, 3.8) is 0 Å². The lowest BCUT2D eigenvalue weighted by atomic mass is 10.0. The molecule has 8 N–H and O–H groups in total. The topological polar surface area (TPSA) is 271 Å². The van der Waals surface area contributed by atoms with Gasteiger partial charge in [-0.1, -0.05) is 64.2 Å². The number of Topliss-reactive ketones (excluding diaryl/α,β-unsaturated/α-hetero) is 1. The van der Waals surface area contributed by atoms with E-state index in [1.807, 2.05) is 0 Å². The van der Waals surface area contributed by atoms with Crippen LogP contribution in [-0.4, -0.2) is 136 Å². The normalized spacial score (nSPS) is 12.0. The fourth-order valence-electron chi connectivity index (χ4n) is 5.53. The quantitative estimate of drug-likeness (QED) is 0.0436. The Morgan fingerprint density at radius 2 is 0.931 bits per heavy atom. The summed E-state index contributed by atoms with van der Waals surface area (Å²) in [6.07, 6.45) is 14.8. The van der Waals surface area contributed by atoms with E-state index < -0.39 is 24.0 Å². The predicted octanol–water partition coefficient (Wildman–Crippen LogP) is 2.38. The molecule has 0 aromatic rings. The van der Waals surface area contributed by atoms with Gasteiger partial charge in [0.2, 0.25) is 23.6 Å². The molecule has 0 saturated heterocycles. The molecule has 0 aliphatic carbocycles. The number of aliphatic carboxylic acids is 2. The average Bonchev–Trinajstić information content (AvgIpc) is 3.17. The summed E-state index contributed by atoms with van der Waals surface area (Å²) in [5.41, 5.74) is 5.67. The van der Waals surface area contributed by atoms with Crippen molar-refractivity contribution in [1.29, 1.82) is 0 Å². The lowest BCUT2D eigenvalue weighted by Crippen LogP contribution is -2.41. The number of carbonyl (C=O) groups is 7. The zero-order chi connectivity index (χ0) is 43.1. The van der Waals surface area contributed by atoms with E-state index in [0.29, 0.717) is 19.4 Å². The van der Waals surface area contributed by atoms with Gasteiger partial charge in [-0.3, -0.25) is 28.8 Å². The number of rotatable bonds is 42. The number of hydrogen-bond acceptors (Lipinski definition) is 12. The lowest BCUT2D eigenvalue weighted by molar-refractivity contribution is -0.142. The van der Waals surface area contributed by atoms with Crippen LogP contribution in [-0.2, 0) is 52.5 Å². The third kappa shape index (κ3) is 37.8. The molecule has 58 heavy (non-hydrogen) atoms. The van der Waals surface area contributed by atoms with Gasteiger partial charge in [0, 0.05) is 38.9 Å². The van der Waals surface area contributed by atoms with E-state index >= 15 is 0 Å². The highest BCUT2D eigenvalue weighted by molar-refractivity contribution is 5.84. The second-order valence-electron chi connectivity index (χ2n) is 14.2. The molecule has 0 aromatic heterocycles. The van der Waals surface area contributed by atoms with Crippen molar-refractivity contribution in [2.75, 3.05) is 72.5 Å². The van der Waals surface area contributed by atoms with Gasteiger partial charge in [-0.15, -0.1) is 0 Å². The zero-order valence-corrected chi connectivity index (χ0v) is 34.8. The zero-order valence-electron chi connectivity index (χ0n) is 34.8.